The summed E-state index contributed by atoms with van der Waals surface area (Å²) in [6.07, 6.45) is 3.30. The predicted octanol–water partition coefficient (Wildman–Crippen LogP) is 2.99. The number of rotatable bonds is 6. The number of hydrogen-bond acceptors (Lipinski definition) is 2. The molecule has 1 aliphatic heterocycles. The summed E-state index contributed by atoms with van der Waals surface area (Å²) >= 11 is 0. The predicted molar refractivity (Wildman–Crippen MR) is 96.9 cm³/mol. The lowest BCUT2D eigenvalue weighted by atomic mass is 9.86. The SMILES string of the molecule is CN=C(NCC(C)(C)Cc1ccccc1)NCC1(C)CCCO1. The molecule has 128 valence electrons. The topological polar surface area (TPSA) is 45.7 Å². The second-order valence-electron chi connectivity index (χ2n) is 7.51. The molecule has 1 heterocycles. The van der Waals surface area contributed by atoms with Gasteiger partial charge in [-0.1, -0.05) is 44.2 Å². The minimum atomic E-state index is -0.0584. The minimum absolute atomic E-state index is 0.0584. The first kappa shape index (κ1) is 17.8. The number of nitrogens with zero attached hydrogens (tertiary/aromatic N) is 1. The molecule has 1 aliphatic rings. The van der Waals surface area contributed by atoms with Gasteiger partial charge in [-0.05, 0) is 37.2 Å². The summed E-state index contributed by atoms with van der Waals surface area (Å²) in [5, 5.41) is 6.86. The molecule has 1 atom stereocenters. The molecule has 1 aromatic carbocycles. The highest BCUT2D eigenvalue weighted by Gasteiger charge is 2.29. The first-order valence-corrected chi connectivity index (χ1v) is 8.55. The first-order valence-electron chi connectivity index (χ1n) is 8.55. The lowest BCUT2D eigenvalue weighted by Crippen LogP contribution is -2.47. The Hall–Kier alpha value is -1.55. The van der Waals surface area contributed by atoms with Crippen molar-refractivity contribution in [1.82, 2.24) is 10.6 Å². The van der Waals surface area contributed by atoms with Gasteiger partial charge in [0.1, 0.15) is 0 Å². The summed E-state index contributed by atoms with van der Waals surface area (Å²) in [7, 11) is 1.82. The number of nitrogens with one attached hydrogen (secondary N) is 2. The highest BCUT2D eigenvalue weighted by Crippen LogP contribution is 2.24. The van der Waals surface area contributed by atoms with Gasteiger partial charge in [-0.25, -0.2) is 0 Å². The van der Waals surface area contributed by atoms with Crippen molar-refractivity contribution in [1.29, 1.82) is 0 Å². The monoisotopic (exact) mass is 317 g/mol. The second kappa shape index (κ2) is 7.82. The van der Waals surface area contributed by atoms with Gasteiger partial charge < -0.3 is 15.4 Å². The van der Waals surface area contributed by atoms with Gasteiger partial charge in [0.15, 0.2) is 5.96 Å². The Morgan fingerprint density at radius 3 is 2.61 bits per heavy atom. The molecule has 0 radical (unpaired) electrons. The number of guanidine groups is 1. The minimum Gasteiger partial charge on any atom is -0.373 e. The Balaban J connectivity index is 1.80. The Kier molecular flexibility index (Phi) is 6.05. The van der Waals surface area contributed by atoms with Crippen molar-refractivity contribution in [2.45, 2.75) is 45.6 Å². The molecule has 23 heavy (non-hydrogen) atoms. The van der Waals surface area contributed by atoms with Crippen LogP contribution in [0, 0.1) is 5.41 Å². The van der Waals surface area contributed by atoms with E-state index in [1.165, 1.54) is 5.56 Å². The largest absolute Gasteiger partial charge is 0.373 e. The standard InChI is InChI=1S/C19H31N3O/c1-18(2,13-16-9-6-5-7-10-16)14-21-17(20-4)22-15-19(3)11-8-12-23-19/h5-7,9-10H,8,11-15H2,1-4H3,(H2,20,21,22). The average Bonchev–Trinajstić information content (AvgIpc) is 2.95. The van der Waals surface area contributed by atoms with Gasteiger partial charge >= 0.3 is 0 Å². The van der Waals surface area contributed by atoms with E-state index in [9.17, 15) is 0 Å². The molecular formula is C19H31N3O. The number of hydrogen-bond donors (Lipinski definition) is 2. The van der Waals surface area contributed by atoms with E-state index < -0.39 is 0 Å². The van der Waals surface area contributed by atoms with Crippen LogP contribution in [0.5, 0.6) is 0 Å². The van der Waals surface area contributed by atoms with Crippen molar-refractivity contribution in [3.63, 3.8) is 0 Å². The van der Waals surface area contributed by atoms with E-state index in [4.69, 9.17) is 4.74 Å². The van der Waals surface area contributed by atoms with Crippen molar-refractivity contribution in [3.8, 4) is 0 Å². The van der Waals surface area contributed by atoms with Crippen LogP contribution in [0.15, 0.2) is 35.3 Å². The summed E-state index contributed by atoms with van der Waals surface area (Å²) in [6.45, 7) is 9.27. The third-order valence-electron chi connectivity index (χ3n) is 4.41. The van der Waals surface area contributed by atoms with E-state index in [1.54, 1.807) is 0 Å². The van der Waals surface area contributed by atoms with Crippen LogP contribution in [0.3, 0.4) is 0 Å². The van der Waals surface area contributed by atoms with Crippen LogP contribution < -0.4 is 10.6 Å². The lowest BCUT2D eigenvalue weighted by Gasteiger charge is -2.28. The molecule has 0 spiro atoms. The first-order chi connectivity index (χ1) is 10.9. The van der Waals surface area contributed by atoms with Crippen LogP contribution >= 0.6 is 0 Å². The maximum absolute atomic E-state index is 5.81. The smallest absolute Gasteiger partial charge is 0.191 e. The maximum atomic E-state index is 5.81. The molecule has 1 fully saturated rings. The molecule has 2 N–H and O–H groups in total. The van der Waals surface area contributed by atoms with Gasteiger partial charge in [-0.3, -0.25) is 4.99 Å². The third-order valence-corrected chi connectivity index (χ3v) is 4.41. The van der Waals surface area contributed by atoms with Gasteiger partial charge in [0, 0.05) is 26.7 Å². The molecule has 1 saturated heterocycles. The molecule has 0 amide bonds. The molecular weight excluding hydrogens is 286 g/mol. The normalized spacial score (nSPS) is 22.2. The summed E-state index contributed by atoms with van der Waals surface area (Å²) in [5.74, 6) is 0.850. The van der Waals surface area contributed by atoms with E-state index in [0.717, 1.165) is 44.9 Å². The molecule has 1 aromatic rings. The van der Waals surface area contributed by atoms with Crippen molar-refractivity contribution >= 4 is 5.96 Å². The molecule has 0 bridgehead atoms. The molecule has 2 rings (SSSR count). The van der Waals surface area contributed by atoms with E-state index in [-0.39, 0.29) is 11.0 Å². The van der Waals surface area contributed by atoms with Gasteiger partial charge in [0.25, 0.3) is 0 Å². The summed E-state index contributed by atoms with van der Waals surface area (Å²) < 4.78 is 5.81. The van der Waals surface area contributed by atoms with E-state index in [1.807, 2.05) is 7.05 Å². The average molecular weight is 317 g/mol. The van der Waals surface area contributed by atoms with Crippen LogP contribution in [0.4, 0.5) is 0 Å². The van der Waals surface area contributed by atoms with Crippen LogP contribution in [-0.2, 0) is 11.2 Å². The van der Waals surface area contributed by atoms with Gasteiger partial charge in [0.2, 0.25) is 0 Å². The third kappa shape index (κ3) is 5.87. The summed E-state index contributed by atoms with van der Waals surface area (Å²) in [6, 6.07) is 10.6. The molecule has 4 heteroatoms. The fraction of sp³-hybridized carbons (Fsp3) is 0.632. The number of aliphatic imine (C=N–C) groups is 1. The Bertz CT molecular complexity index is 505. The van der Waals surface area contributed by atoms with E-state index in [0.29, 0.717) is 0 Å². The highest BCUT2D eigenvalue weighted by atomic mass is 16.5. The summed E-state index contributed by atoms with van der Waals surface area (Å²) in [5.41, 5.74) is 1.47. The van der Waals surface area contributed by atoms with Crippen molar-refractivity contribution < 1.29 is 4.74 Å². The summed E-state index contributed by atoms with van der Waals surface area (Å²) in [4.78, 5) is 4.33. The Morgan fingerprint density at radius 2 is 2.00 bits per heavy atom. The fourth-order valence-electron chi connectivity index (χ4n) is 3.00. The maximum Gasteiger partial charge on any atom is 0.191 e. The Labute approximate surface area is 140 Å². The zero-order valence-electron chi connectivity index (χ0n) is 15.0. The zero-order valence-corrected chi connectivity index (χ0v) is 15.0. The van der Waals surface area contributed by atoms with Crippen molar-refractivity contribution in [3.05, 3.63) is 35.9 Å². The number of ether oxygens (including phenoxy) is 1. The molecule has 4 nitrogen and oxygen atoms in total. The number of benzene rings is 1. The fourth-order valence-corrected chi connectivity index (χ4v) is 3.00. The van der Waals surface area contributed by atoms with Crippen LogP contribution in [-0.4, -0.2) is 38.3 Å². The molecule has 1 unspecified atom stereocenters. The molecule has 0 aliphatic carbocycles. The lowest BCUT2D eigenvalue weighted by molar-refractivity contribution is 0.0242. The van der Waals surface area contributed by atoms with Crippen LogP contribution in [0.1, 0.15) is 39.2 Å². The zero-order chi connectivity index (χ0) is 16.8. The van der Waals surface area contributed by atoms with E-state index >= 15 is 0 Å². The molecule has 0 aromatic heterocycles. The van der Waals surface area contributed by atoms with Gasteiger partial charge in [-0.15, -0.1) is 0 Å². The quantitative estimate of drug-likeness (QED) is 0.626. The van der Waals surface area contributed by atoms with Gasteiger partial charge in [-0.2, -0.15) is 0 Å². The van der Waals surface area contributed by atoms with E-state index in [2.05, 4.69) is 66.7 Å². The van der Waals surface area contributed by atoms with Crippen molar-refractivity contribution in [2.24, 2.45) is 10.4 Å². The Morgan fingerprint density at radius 1 is 1.26 bits per heavy atom. The van der Waals surface area contributed by atoms with Crippen LogP contribution in [0.2, 0.25) is 0 Å². The molecule has 0 saturated carbocycles. The second-order valence-corrected chi connectivity index (χ2v) is 7.51. The highest BCUT2D eigenvalue weighted by molar-refractivity contribution is 5.79. The van der Waals surface area contributed by atoms with Gasteiger partial charge in [0.05, 0.1) is 5.60 Å². The van der Waals surface area contributed by atoms with Crippen LogP contribution in [0.25, 0.3) is 0 Å². The van der Waals surface area contributed by atoms with Crippen molar-refractivity contribution in [2.75, 3.05) is 26.7 Å².